The van der Waals surface area contributed by atoms with Crippen LogP contribution in [-0.2, 0) is 0 Å². The van der Waals surface area contributed by atoms with Gasteiger partial charge in [0.05, 0.1) is 11.6 Å². The number of halogens is 2. The molecule has 1 N–H and O–H groups in total. The topological polar surface area (TPSA) is 52.9 Å². The van der Waals surface area contributed by atoms with Gasteiger partial charge in [-0.15, -0.1) is 0 Å². The molecule has 0 heterocycles. The Bertz CT molecular complexity index is 720. The highest BCUT2D eigenvalue weighted by atomic mass is 19.2. The van der Waals surface area contributed by atoms with Crippen molar-refractivity contribution in [1.82, 2.24) is 0 Å². The largest absolute Gasteiger partial charge is 0.322 e. The van der Waals surface area contributed by atoms with Crippen LogP contribution in [0.4, 0.5) is 14.5 Å². The van der Waals surface area contributed by atoms with Gasteiger partial charge in [0.25, 0.3) is 5.91 Å². The zero-order valence-corrected chi connectivity index (χ0v) is 10.6. The summed E-state index contributed by atoms with van der Waals surface area (Å²) in [4.78, 5) is 11.9. The average molecular weight is 272 g/mol. The van der Waals surface area contributed by atoms with E-state index in [4.69, 9.17) is 5.26 Å². The molecule has 0 aliphatic heterocycles. The molecular formula is C15H10F2N2O. The Hall–Kier alpha value is -2.74. The summed E-state index contributed by atoms with van der Waals surface area (Å²) in [6.45, 7) is 1.77. The second-order valence-corrected chi connectivity index (χ2v) is 4.22. The number of nitrogens with one attached hydrogen (secondary N) is 1. The van der Waals surface area contributed by atoms with Crippen LogP contribution in [0, 0.1) is 29.9 Å². The lowest BCUT2D eigenvalue weighted by Gasteiger charge is -2.09. The standard InChI is InChI=1S/C15H10F2N2O/c1-9-2-3-10(8-18)6-14(9)19-15(20)11-4-5-12(16)13(17)7-11/h2-7H,1H3,(H,19,20). The van der Waals surface area contributed by atoms with Crippen molar-refractivity contribution in [2.24, 2.45) is 0 Å². The quantitative estimate of drug-likeness (QED) is 0.911. The van der Waals surface area contributed by atoms with E-state index in [0.29, 0.717) is 11.3 Å². The van der Waals surface area contributed by atoms with E-state index < -0.39 is 17.5 Å². The van der Waals surface area contributed by atoms with Crippen molar-refractivity contribution in [2.45, 2.75) is 6.92 Å². The maximum Gasteiger partial charge on any atom is 0.255 e. The molecule has 5 heteroatoms. The van der Waals surface area contributed by atoms with Crippen molar-refractivity contribution in [2.75, 3.05) is 5.32 Å². The lowest BCUT2D eigenvalue weighted by molar-refractivity contribution is 0.102. The molecule has 0 fully saturated rings. The fourth-order valence-corrected chi connectivity index (χ4v) is 1.66. The number of amides is 1. The molecule has 0 spiro atoms. The lowest BCUT2D eigenvalue weighted by atomic mass is 10.1. The molecule has 0 bridgehead atoms. The number of hydrogen-bond acceptors (Lipinski definition) is 2. The fraction of sp³-hybridized carbons (Fsp3) is 0.0667. The molecule has 1 amide bonds. The molecule has 0 saturated carbocycles. The van der Waals surface area contributed by atoms with Gasteiger partial charge >= 0.3 is 0 Å². The van der Waals surface area contributed by atoms with Gasteiger partial charge in [-0.3, -0.25) is 4.79 Å². The number of benzene rings is 2. The van der Waals surface area contributed by atoms with E-state index in [1.807, 2.05) is 6.07 Å². The molecule has 2 aromatic rings. The number of carbonyl (C=O) groups is 1. The molecular weight excluding hydrogens is 262 g/mol. The first-order valence-electron chi connectivity index (χ1n) is 5.78. The van der Waals surface area contributed by atoms with Crippen LogP contribution in [0.2, 0.25) is 0 Å². The van der Waals surface area contributed by atoms with Gasteiger partial charge in [-0.25, -0.2) is 8.78 Å². The van der Waals surface area contributed by atoms with Crippen LogP contribution in [0.5, 0.6) is 0 Å². The van der Waals surface area contributed by atoms with Crippen molar-refractivity contribution in [3.05, 3.63) is 64.7 Å². The Labute approximate surface area is 114 Å². The Morgan fingerprint density at radius 1 is 1.15 bits per heavy atom. The molecule has 0 aromatic heterocycles. The van der Waals surface area contributed by atoms with Crippen LogP contribution in [0.15, 0.2) is 36.4 Å². The second-order valence-electron chi connectivity index (χ2n) is 4.22. The maximum absolute atomic E-state index is 13.1. The van der Waals surface area contributed by atoms with Crippen molar-refractivity contribution in [3.63, 3.8) is 0 Å². The van der Waals surface area contributed by atoms with Gasteiger partial charge in [0, 0.05) is 11.3 Å². The van der Waals surface area contributed by atoms with Crippen molar-refractivity contribution < 1.29 is 13.6 Å². The van der Waals surface area contributed by atoms with E-state index in [9.17, 15) is 13.6 Å². The summed E-state index contributed by atoms with van der Waals surface area (Å²) in [7, 11) is 0. The third kappa shape index (κ3) is 2.81. The van der Waals surface area contributed by atoms with E-state index in [2.05, 4.69) is 5.32 Å². The smallest absolute Gasteiger partial charge is 0.255 e. The minimum atomic E-state index is -1.08. The monoisotopic (exact) mass is 272 g/mol. The highest BCUT2D eigenvalue weighted by Gasteiger charge is 2.11. The summed E-state index contributed by atoms with van der Waals surface area (Å²) in [6.07, 6.45) is 0. The number of rotatable bonds is 2. The summed E-state index contributed by atoms with van der Waals surface area (Å²) >= 11 is 0. The minimum Gasteiger partial charge on any atom is -0.322 e. The summed E-state index contributed by atoms with van der Waals surface area (Å²) in [5.74, 6) is -2.66. The van der Waals surface area contributed by atoms with Crippen molar-refractivity contribution in [3.8, 4) is 6.07 Å². The zero-order chi connectivity index (χ0) is 14.7. The molecule has 2 rings (SSSR count). The fourth-order valence-electron chi connectivity index (χ4n) is 1.66. The summed E-state index contributed by atoms with van der Waals surface area (Å²) < 4.78 is 25.9. The lowest BCUT2D eigenvalue weighted by Crippen LogP contribution is -2.13. The van der Waals surface area contributed by atoms with Crippen LogP contribution < -0.4 is 5.32 Å². The van der Waals surface area contributed by atoms with Gasteiger partial charge in [0.2, 0.25) is 0 Å². The Morgan fingerprint density at radius 3 is 2.55 bits per heavy atom. The number of hydrogen-bond donors (Lipinski definition) is 1. The minimum absolute atomic E-state index is 0.00524. The first kappa shape index (κ1) is 13.7. The Balaban J connectivity index is 2.28. The molecule has 0 saturated heterocycles. The number of carbonyl (C=O) groups excluding carboxylic acids is 1. The normalized spacial score (nSPS) is 9.90. The van der Waals surface area contributed by atoms with Crippen LogP contribution in [0.3, 0.4) is 0 Å². The molecule has 0 atom stereocenters. The van der Waals surface area contributed by atoms with Gasteiger partial charge < -0.3 is 5.32 Å². The highest BCUT2D eigenvalue weighted by Crippen LogP contribution is 2.18. The van der Waals surface area contributed by atoms with E-state index in [1.165, 1.54) is 12.1 Å². The van der Waals surface area contributed by atoms with E-state index in [0.717, 1.165) is 17.7 Å². The molecule has 0 unspecified atom stereocenters. The van der Waals surface area contributed by atoms with Gasteiger partial charge in [-0.2, -0.15) is 5.26 Å². The first-order valence-corrected chi connectivity index (χ1v) is 5.78. The van der Waals surface area contributed by atoms with E-state index in [1.54, 1.807) is 19.1 Å². The molecule has 20 heavy (non-hydrogen) atoms. The summed E-state index contributed by atoms with van der Waals surface area (Å²) in [6, 6.07) is 9.72. The molecule has 2 aromatic carbocycles. The van der Waals surface area contributed by atoms with Crippen molar-refractivity contribution >= 4 is 11.6 Å². The SMILES string of the molecule is Cc1ccc(C#N)cc1NC(=O)c1ccc(F)c(F)c1. The third-order valence-electron chi connectivity index (χ3n) is 2.80. The average Bonchev–Trinajstić information content (AvgIpc) is 2.44. The second kappa shape index (κ2) is 5.49. The number of nitrogens with zero attached hydrogens (tertiary/aromatic N) is 1. The predicted octanol–water partition coefficient (Wildman–Crippen LogP) is 3.40. The first-order chi connectivity index (χ1) is 9.51. The summed E-state index contributed by atoms with van der Waals surface area (Å²) in [5, 5.41) is 11.4. The molecule has 100 valence electrons. The summed E-state index contributed by atoms with van der Waals surface area (Å²) in [5.41, 5.74) is 1.63. The number of anilines is 1. The van der Waals surface area contributed by atoms with Crippen LogP contribution in [0.25, 0.3) is 0 Å². The van der Waals surface area contributed by atoms with Gasteiger partial charge in [0.1, 0.15) is 0 Å². The van der Waals surface area contributed by atoms with Gasteiger partial charge in [0.15, 0.2) is 11.6 Å². The Morgan fingerprint density at radius 2 is 1.90 bits per heavy atom. The maximum atomic E-state index is 13.1. The zero-order valence-electron chi connectivity index (χ0n) is 10.6. The molecule has 0 radical (unpaired) electrons. The van der Waals surface area contributed by atoms with E-state index >= 15 is 0 Å². The highest BCUT2D eigenvalue weighted by molar-refractivity contribution is 6.04. The van der Waals surface area contributed by atoms with E-state index in [-0.39, 0.29) is 5.56 Å². The van der Waals surface area contributed by atoms with Crippen LogP contribution in [0.1, 0.15) is 21.5 Å². The number of nitriles is 1. The number of aryl methyl sites for hydroxylation is 1. The van der Waals surface area contributed by atoms with Crippen LogP contribution >= 0.6 is 0 Å². The molecule has 0 aliphatic rings. The third-order valence-corrected chi connectivity index (χ3v) is 2.80. The molecule has 3 nitrogen and oxygen atoms in total. The molecule has 0 aliphatic carbocycles. The predicted molar refractivity (Wildman–Crippen MR) is 70.2 cm³/mol. The van der Waals surface area contributed by atoms with Gasteiger partial charge in [-0.1, -0.05) is 6.07 Å². The van der Waals surface area contributed by atoms with Crippen molar-refractivity contribution in [1.29, 1.82) is 5.26 Å². The Kier molecular flexibility index (Phi) is 3.76. The van der Waals surface area contributed by atoms with Gasteiger partial charge in [-0.05, 0) is 42.8 Å². The van der Waals surface area contributed by atoms with Crippen LogP contribution in [-0.4, -0.2) is 5.91 Å².